The van der Waals surface area contributed by atoms with Crippen molar-refractivity contribution in [3.63, 3.8) is 0 Å². The zero-order valence-corrected chi connectivity index (χ0v) is 9.50. The van der Waals surface area contributed by atoms with Gasteiger partial charge in [-0.3, -0.25) is 0 Å². The molecule has 1 heterocycles. The summed E-state index contributed by atoms with van der Waals surface area (Å²) in [5.41, 5.74) is 0. The van der Waals surface area contributed by atoms with Gasteiger partial charge in [0.05, 0.1) is 0 Å². The summed E-state index contributed by atoms with van der Waals surface area (Å²) in [6, 6.07) is -0.279. The third-order valence-electron chi connectivity index (χ3n) is 2.81. The first-order valence-corrected chi connectivity index (χ1v) is 5.59. The molecule has 0 aromatic carbocycles. The Labute approximate surface area is 99.0 Å². The highest BCUT2D eigenvalue weighted by atomic mass is 16.4. The molecule has 7 heteroatoms. The highest BCUT2D eigenvalue weighted by Gasteiger charge is 2.25. The van der Waals surface area contributed by atoms with Crippen LogP contribution in [0.3, 0.4) is 0 Å². The van der Waals surface area contributed by atoms with Crippen molar-refractivity contribution in [2.75, 3.05) is 26.2 Å². The van der Waals surface area contributed by atoms with Crippen molar-refractivity contribution in [3.05, 3.63) is 0 Å². The van der Waals surface area contributed by atoms with E-state index in [1.165, 1.54) is 0 Å². The molecule has 0 saturated carbocycles. The molecular weight excluding hydrogens is 228 g/mol. The van der Waals surface area contributed by atoms with Gasteiger partial charge in [-0.1, -0.05) is 0 Å². The molecule has 0 spiro atoms. The molecule has 1 aliphatic heterocycles. The van der Waals surface area contributed by atoms with E-state index in [0.29, 0.717) is 13.1 Å². The second-order valence-corrected chi connectivity index (χ2v) is 4.16. The van der Waals surface area contributed by atoms with Crippen molar-refractivity contribution in [1.82, 2.24) is 10.2 Å². The molecule has 17 heavy (non-hydrogen) atoms. The van der Waals surface area contributed by atoms with E-state index in [1.54, 1.807) is 4.90 Å². The Balaban J connectivity index is 2.20. The highest BCUT2D eigenvalue weighted by molar-refractivity contribution is 5.75. The molecule has 1 aliphatic rings. The maximum Gasteiger partial charge on any atom is 0.332 e. The lowest BCUT2D eigenvalue weighted by molar-refractivity contribution is -0.146. The molecule has 4 N–H and O–H groups in total. The fourth-order valence-corrected chi connectivity index (χ4v) is 1.72. The van der Waals surface area contributed by atoms with Gasteiger partial charge in [-0.2, -0.15) is 0 Å². The number of aliphatic carboxylic acids is 1. The smallest absolute Gasteiger partial charge is 0.332 e. The molecule has 0 aromatic heterocycles. The normalized spacial score (nSPS) is 21.3. The number of hydrogen-bond donors (Lipinski definition) is 4. The third-order valence-corrected chi connectivity index (χ3v) is 2.81. The molecular formula is C10H18N2O5. The summed E-state index contributed by atoms with van der Waals surface area (Å²) >= 11 is 0. The first kappa shape index (κ1) is 13.7. The molecule has 0 aliphatic carbocycles. The molecule has 98 valence electrons. The molecule has 1 saturated heterocycles. The second kappa shape index (κ2) is 6.41. The van der Waals surface area contributed by atoms with Gasteiger partial charge in [-0.15, -0.1) is 0 Å². The Kier molecular flexibility index (Phi) is 5.17. The fourth-order valence-electron chi connectivity index (χ4n) is 1.72. The van der Waals surface area contributed by atoms with E-state index in [-0.39, 0.29) is 31.5 Å². The van der Waals surface area contributed by atoms with Crippen LogP contribution in [0, 0.1) is 5.92 Å². The number of carboxylic acid groups (broad SMARTS) is 1. The van der Waals surface area contributed by atoms with Crippen LogP contribution >= 0.6 is 0 Å². The number of carbonyl (C=O) groups excluding carboxylic acids is 1. The van der Waals surface area contributed by atoms with Crippen LogP contribution in [0.2, 0.25) is 0 Å². The monoisotopic (exact) mass is 246 g/mol. The maximum absolute atomic E-state index is 11.6. The van der Waals surface area contributed by atoms with E-state index < -0.39 is 12.1 Å². The topological polar surface area (TPSA) is 110 Å². The van der Waals surface area contributed by atoms with Crippen LogP contribution in [0.15, 0.2) is 0 Å². The van der Waals surface area contributed by atoms with Gasteiger partial charge in [-0.05, 0) is 6.42 Å². The third kappa shape index (κ3) is 4.20. The summed E-state index contributed by atoms with van der Waals surface area (Å²) in [5, 5.41) is 28.9. The molecule has 0 radical (unpaired) electrons. The second-order valence-electron chi connectivity index (χ2n) is 4.16. The van der Waals surface area contributed by atoms with E-state index in [1.807, 2.05) is 0 Å². The summed E-state index contributed by atoms with van der Waals surface area (Å²) in [6.45, 7) is 1.30. The quantitative estimate of drug-likeness (QED) is 0.489. The van der Waals surface area contributed by atoms with Crippen LogP contribution in [-0.4, -0.2) is 64.6 Å². The number of rotatable bonds is 5. The molecule has 2 unspecified atom stereocenters. The van der Waals surface area contributed by atoms with E-state index in [9.17, 15) is 9.59 Å². The summed E-state index contributed by atoms with van der Waals surface area (Å²) < 4.78 is 0. The Morgan fingerprint density at radius 2 is 2.18 bits per heavy atom. The van der Waals surface area contributed by atoms with Gasteiger partial charge in [0.1, 0.15) is 0 Å². The molecule has 2 amide bonds. The minimum Gasteiger partial charge on any atom is -0.479 e. The number of aliphatic hydroxyl groups excluding tert-OH is 2. The number of urea groups is 1. The Morgan fingerprint density at radius 3 is 2.71 bits per heavy atom. The number of hydrogen-bond acceptors (Lipinski definition) is 4. The first-order valence-electron chi connectivity index (χ1n) is 5.59. The predicted octanol–water partition coefficient (Wildman–Crippen LogP) is -1.15. The van der Waals surface area contributed by atoms with Crippen molar-refractivity contribution in [2.45, 2.75) is 18.9 Å². The van der Waals surface area contributed by atoms with Gasteiger partial charge in [0, 0.05) is 38.6 Å². The van der Waals surface area contributed by atoms with E-state index in [2.05, 4.69) is 5.32 Å². The van der Waals surface area contributed by atoms with Gasteiger partial charge in [-0.25, -0.2) is 9.59 Å². The van der Waals surface area contributed by atoms with Crippen LogP contribution in [0.25, 0.3) is 0 Å². The number of aliphatic hydroxyl groups is 2. The number of likely N-dealkylation sites (tertiary alicyclic amines) is 1. The number of carboxylic acids is 1. The first-order chi connectivity index (χ1) is 8.04. The van der Waals surface area contributed by atoms with Gasteiger partial charge in [0.25, 0.3) is 0 Å². The lowest BCUT2D eigenvalue weighted by Crippen LogP contribution is -2.40. The SMILES string of the molecule is O=C(O)C(O)CCNC(=O)N1CCC(CO)C1. The Bertz CT molecular complexity index is 284. The lowest BCUT2D eigenvalue weighted by atomic mass is 10.1. The summed E-state index contributed by atoms with van der Waals surface area (Å²) in [5.74, 6) is -1.16. The largest absolute Gasteiger partial charge is 0.479 e. The average Bonchev–Trinajstić information content (AvgIpc) is 2.77. The predicted molar refractivity (Wildman–Crippen MR) is 58.4 cm³/mol. The van der Waals surface area contributed by atoms with Crippen LogP contribution in [-0.2, 0) is 4.79 Å². The number of carbonyl (C=O) groups is 2. The van der Waals surface area contributed by atoms with Crippen molar-refractivity contribution in [1.29, 1.82) is 0 Å². The summed E-state index contributed by atoms with van der Waals surface area (Å²) in [4.78, 5) is 23.5. The van der Waals surface area contributed by atoms with Crippen LogP contribution < -0.4 is 5.32 Å². The maximum atomic E-state index is 11.6. The van der Waals surface area contributed by atoms with E-state index >= 15 is 0 Å². The van der Waals surface area contributed by atoms with Gasteiger partial charge < -0.3 is 25.5 Å². The molecule has 1 rings (SSSR count). The summed E-state index contributed by atoms with van der Waals surface area (Å²) in [7, 11) is 0. The lowest BCUT2D eigenvalue weighted by Gasteiger charge is -2.17. The van der Waals surface area contributed by atoms with Gasteiger partial charge in [0.15, 0.2) is 6.10 Å². The molecule has 0 aromatic rings. The number of amides is 2. The Hall–Kier alpha value is -1.34. The minimum absolute atomic E-state index is 0.0155. The molecule has 0 bridgehead atoms. The number of nitrogens with zero attached hydrogens (tertiary/aromatic N) is 1. The van der Waals surface area contributed by atoms with E-state index in [0.717, 1.165) is 6.42 Å². The summed E-state index contributed by atoms with van der Waals surface area (Å²) in [6.07, 6.45) is -0.681. The highest BCUT2D eigenvalue weighted by Crippen LogP contribution is 2.14. The van der Waals surface area contributed by atoms with Crippen LogP contribution in [0.5, 0.6) is 0 Å². The van der Waals surface area contributed by atoms with Gasteiger partial charge in [0.2, 0.25) is 0 Å². The Morgan fingerprint density at radius 1 is 1.47 bits per heavy atom. The van der Waals surface area contributed by atoms with E-state index in [4.69, 9.17) is 15.3 Å². The van der Waals surface area contributed by atoms with Crippen molar-refractivity contribution >= 4 is 12.0 Å². The zero-order valence-electron chi connectivity index (χ0n) is 9.50. The van der Waals surface area contributed by atoms with Crippen molar-refractivity contribution in [3.8, 4) is 0 Å². The standard InChI is InChI=1S/C10H18N2O5/c13-6-7-2-4-12(5-7)10(17)11-3-1-8(14)9(15)16/h7-8,13-14H,1-6H2,(H,11,17)(H,15,16). The van der Waals surface area contributed by atoms with Crippen LogP contribution in [0.4, 0.5) is 4.79 Å². The van der Waals surface area contributed by atoms with Crippen molar-refractivity contribution in [2.24, 2.45) is 5.92 Å². The average molecular weight is 246 g/mol. The van der Waals surface area contributed by atoms with Crippen LogP contribution in [0.1, 0.15) is 12.8 Å². The minimum atomic E-state index is -1.45. The molecule has 7 nitrogen and oxygen atoms in total. The van der Waals surface area contributed by atoms with Crippen molar-refractivity contribution < 1.29 is 24.9 Å². The fraction of sp³-hybridized carbons (Fsp3) is 0.800. The van der Waals surface area contributed by atoms with Gasteiger partial charge >= 0.3 is 12.0 Å². The molecule has 2 atom stereocenters. The molecule has 1 fully saturated rings. The number of nitrogens with one attached hydrogen (secondary N) is 1. The zero-order chi connectivity index (χ0) is 12.8.